The van der Waals surface area contributed by atoms with E-state index in [0.29, 0.717) is 33.4 Å². The standard InChI is InChI=1S/C39H15N3/c40-28-34-19-13-31(14-20-34)7-1-4-10-37-25-38(11-5-2-8-32-15-21-35(29-41)22-16-32)27-39(26-37)12-6-3-9-33-17-23-36(30-42)24-18-33/h13-27H. The predicted molar refractivity (Wildman–Crippen MR) is 161 cm³/mol. The summed E-state index contributed by atoms with van der Waals surface area (Å²) in [5.41, 5.74) is 6.04. The van der Waals surface area contributed by atoms with Crippen LogP contribution in [-0.2, 0) is 0 Å². The third-order valence-corrected chi connectivity index (χ3v) is 5.40. The van der Waals surface area contributed by atoms with Crippen LogP contribution in [0.1, 0.15) is 50.1 Å². The quantitative estimate of drug-likeness (QED) is 0.284. The molecule has 0 atom stereocenters. The highest BCUT2D eigenvalue weighted by molar-refractivity contribution is 5.55. The molecule has 4 rings (SSSR count). The van der Waals surface area contributed by atoms with Crippen LogP contribution in [0.3, 0.4) is 0 Å². The van der Waals surface area contributed by atoms with Gasteiger partial charge in [-0.1, -0.05) is 35.5 Å². The van der Waals surface area contributed by atoms with Gasteiger partial charge in [-0.05, 0) is 127 Å². The number of benzene rings is 4. The fraction of sp³-hybridized carbons (Fsp3) is 0. The first kappa shape index (κ1) is 27.7. The molecule has 0 saturated heterocycles. The topological polar surface area (TPSA) is 71.4 Å². The third-order valence-electron chi connectivity index (χ3n) is 5.40. The van der Waals surface area contributed by atoms with Gasteiger partial charge in [0.1, 0.15) is 0 Å². The van der Waals surface area contributed by atoms with Gasteiger partial charge in [-0.2, -0.15) is 15.8 Å². The molecule has 0 aliphatic carbocycles. The summed E-state index contributed by atoms with van der Waals surface area (Å²) in [6, 6.07) is 32.6. The summed E-state index contributed by atoms with van der Waals surface area (Å²) in [6.45, 7) is 0. The van der Waals surface area contributed by atoms with E-state index in [4.69, 9.17) is 15.8 Å². The molecule has 0 aliphatic rings. The summed E-state index contributed by atoms with van der Waals surface area (Å²) in [5.74, 6) is 35.1. The van der Waals surface area contributed by atoms with Crippen molar-refractivity contribution in [2.45, 2.75) is 0 Å². The Balaban J connectivity index is 1.60. The monoisotopic (exact) mass is 525 g/mol. The highest BCUT2D eigenvalue weighted by Crippen LogP contribution is 2.09. The lowest BCUT2D eigenvalue weighted by molar-refractivity contribution is 1.48. The summed E-state index contributed by atoms with van der Waals surface area (Å²) in [6.07, 6.45) is 0. The number of nitrogens with zero attached hydrogens (tertiary/aromatic N) is 3. The fourth-order valence-corrected chi connectivity index (χ4v) is 3.35. The molecule has 0 fully saturated rings. The van der Waals surface area contributed by atoms with Crippen LogP contribution in [0, 0.1) is 105 Å². The second kappa shape index (κ2) is 14.6. The molecule has 4 aromatic rings. The van der Waals surface area contributed by atoms with Crippen molar-refractivity contribution in [2.24, 2.45) is 0 Å². The van der Waals surface area contributed by atoms with E-state index in [1.165, 1.54) is 0 Å². The minimum Gasteiger partial charge on any atom is -0.192 e. The molecule has 3 heteroatoms. The smallest absolute Gasteiger partial charge is 0.0991 e. The maximum atomic E-state index is 8.93. The maximum Gasteiger partial charge on any atom is 0.0991 e. The van der Waals surface area contributed by atoms with E-state index in [1.807, 2.05) is 18.2 Å². The van der Waals surface area contributed by atoms with Crippen LogP contribution in [0.25, 0.3) is 0 Å². The summed E-state index contributed by atoms with van der Waals surface area (Å²) in [5, 5.41) is 26.8. The molecule has 186 valence electrons. The molecule has 0 radical (unpaired) electrons. The molecule has 0 amide bonds. The van der Waals surface area contributed by atoms with Crippen LogP contribution < -0.4 is 0 Å². The fourth-order valence-electron chi connectivity index (χ4n) is 3.35. The van der Waals surface area contributed by atoms with E-state index < -0.39 is 0 Å². The van der Waals surface area contributed by atoms with Crippen molar-refractivity contribution in [3.05, 3.63) is 141 Å². The van der Waals surface area contributed by atoms with Crippen LogP contribution in [0.15, 0.2) is 91.0 Å². The second-order valence-electron chi connectivity index (χ2n) is 8.37. The molecule has 0 N–H and O–H groups in total. The van der Waals surface area contributed by atoms with Gasteiger partial charge in [0.15, 0.2) is 0 Å². The van der Waals surface area contributed by atoms with E-state index in [1.54, 1.807) is 72.8 Å². The molecule has 0 saturated carbocycles. The van der Waals surface area contributed by atoms with Gasteiger partial charge in [0, 0.05) is 33.4 Å². The Morgan fingerprint density at radius 3 is 0.667 bits per heavy atom. The number of hydrogen-bond acceptors (Lipinski definition) is 3. The van der Waals surface area contributed by atoms with Gasteiger partial charge in [-0.3, -0.25) is 0 Å². The van der Waals surface area contributed by atoms with Crippen molar-refractivity contribution in [1.82, 2.24) is 0 Å². The zero-order valence-electron chi connectivity index (χ0n) is 22.0. The van der Waals surface area contributed by atoms with E-state index in [2.05, 4.69) is 89.3 Å². The van der Waals surface area contributed by atoms with Crippen molar-refractivity contribution in [3.8, 4) is 89.3 Å². The number of nitriles is 3. The molecule has 42 heavy (non-hydrogen) atoms. The van der Waals surface area contributed by atoms with Crippen LogP contribution in [0.2, 0.25) is 0 Å². The molecule has 0 aliphatic heterocycles. The summed E-state index contributed by atoms with van der Waals surface area (Å²) in [7, 11) is 0. The Morgan fingerprint density at radius 2 is 0.452 bits per heavy atom. The normalized spacial score (nSPS) is 8.21. The van der Waals surface area contributed by atoms with E-state index in [-0.39, 0.29) is 0 Å². The predicted octanol–water partition coefficient (Wildman–Crippen LogP) is 5.51. The van der Waals surface area contributed by atoms with Crippen molar-refractivity contribution in [3.63, 3.8) is 0 Å². The molecular formula is C39H15N3. The second-order valence-corrected chi connectivity index (χ2v) is 8.37. The SMILES string of the molecule is N#Cc1ccc(C#CC#Cc2cc(C#CC#Cc3ccc(C#N)cc3)cc(C#CC#Cc3ccc(C#N)cc3)c2)cc1. The van der Waals surface area contributed by atoms with Crippen molar-refractivity contribution >= 4 is 0 Å². The Bertz CT molecular complexity index is 1890. The third kappa shape index (κ3) is 8.64. The van der Waals surface area contributed by atoms with Crippen molar-refractivity contribution < 1.29 is 0 Å². The Hall–Kier alpha value is -7.29. The summed E-state index contributed by atoms with van der Waals surface area (Å²) in [4.78, 5) is 0. The molecule has 0 bridgehead atoms. The summed E-state index contributed by atoms with van der Waals surface area (Å²) < 4.78 is 0. The van der Waals surface area contributed by atoms with E-state index in [0.717, 1.165) is 16.7 Å². The lowest BCUT2D eigenvalue weighted by Gasteiger charge is -1.96. The first-order valence-electron chi connectivity index (χ1n) is 12.4. The molecular weight excluding hydrogens is 510 g/mol. The summed E-state index contributed by atoms with van der Waals surface area (Å²) >= 11 is 0. The van der Waals surface area contributed by atoms with Gasteiger partial charge in [0.25, 0.3) is 0 Å². The lowest BCUT2D eigenvalue weighted by Crippen LogP contribution is -1.84. The average molecular weight is 526 g/mol. The average Bonchev–Trinajstić information content (AvgIpc) is 3.04. The highest BCUT2D eigenvalue weighted by atomic mass is 14.2. The van der Waals surface area contributed by atoms with Crippen molar-refractivity contribution in [1.29, 1.82) is 15.8 Å². The van der Waals surface area contributed by atoms with Gasteiger partial charge in [-0.25, -0.2) is 0 Å². The van der Waals surface area contributed by atoms with E-state index in [9.17, 15) is 0 Å². The molecule has 4 aromatic carbocycles. The molecule has 3 nitrogen and oxygen atoms in total. The Labute approximate surface area is 245 Å². The first-order valence-corrected chi connectivity index (χ1v) is 12.4. The Kier molecular flexibility index (Phi) is 9.64. The van der Waals surface area contributed by atoms with Gasteiger partial charge < -0.3 is 0 Å². The largest absolute Gasteiger partial charge is 0.192 e. The molecule has 0 spiro atoms. The minimum atomic E-state index is 0.571. The zero-order chi connectivity index (χ0) is 29.4. The zero-order valence-corrected chi connectivity index (χ0v) is 22.0. The van der Waals surface area contributed by atoms with Gasteiger partial charge in [0.2, 0.25) is 0 Å². The highest BCUT2D eigenvalue weighted by Gasteiger charge is 1.97. The molecule has 0 heterocycles. The van der Waals surface area contributed by atoms with Crippen LogP contribution in [-0.4, -0.2) is 0 Å². The first-order chi connectivity index (χ1) is 20.6. The lowest BCUT2D eigenvalue weighted by atomic mass is 10.1. The molecule has 0 aromatic heterocycles. The number of rotatable bonds is 0. The van der Waals surface area contributed by atoms with Gasteiger partial charge >= 0.3 is 0 Å². The van der Waals surface area contributed by atoms with Gasteiger partial charge in [-0.15, -0.1) is 0 Å². The maximum absolute atomic E-state index is 8.93. The molecule has 0 unspecified atom stereocenters. The van der Waals surface area contributed by atoms with Crippen molar-refractivity contribution in [2.75, 3.05) is 0 Å². The van der Waals surface area contributed by atoms with Crippen LogP contribution in [0.4, 0.5) is 0 Å². The number of hydrogen-bond donors (Lipinski definition) is 0. The Morgan fingerprint density at radius 1 is 0.262 bits per heavy atom. The van der Waals surface area contributed by atoms with Gasteiger partial charge in [0.05, 0.1) is 34.9 Å². The minimum absolute atomic E-state index is 0.571. The van der Waals surface area contributed by atoms with E-state index >= 15 is 0 Å². The van der Waals surface area contributed by atoms with Crippen LogP contribution >= 0.6 is 0 Å². The van der Waals surface area contributed by atoms with Crippen LogP contribution in [0.5, 0.6) is 0 Å².